The molecule has 0 spiro atoms. The lowest BCUT2D eigenvalue weighted by atomic mass is 9.85. The van der Waals surface area contributed by atoms with E-state index in [0.29, 0.717) is 63.3 Å². The van der Waals surface area contributed by atoms with Gasteiger partial charge in [-0.05, 0) is 44.2 Å². The normalized spacial score (nSPS) is 22.7. The topological polar surface area (TPSA) is 120 Å². The van der Waals surface area contributed by atoms with Crippen LogP contribution in [0.4, 0.5) is 17.6 Å². The Morgan fingerprint density at radius 3 is 2.47 bits per heavy atom. The van der Waals surface area contributed by atoms with Gasteiger partial charge in [0.1, 0.15) is 5.52 Å². The maximum Gasteiger partial charge on any atom is 0.225 e. The van der Waals surface area contributed by atoms with E-state index in [-0.39, 0.29) is 23.9 Å². The van der Waals surface area contributed by atoms with Gasteiger partial charge in [-0.2, -0.15) is 4.98 Å². The molecule has 5 rings (SSSR count). The monoisotopic (exact) mass is 523 g/mol. The molecule has 1 atom stereocenters. The van der Waals surface area contributed by atoms with Crippen molar-refractivity contribution in [2.45, 2.75) is 44.2 Å². The van der Waals surface area contributed by atoms with Crippen LogP contribution in [0.1, 0.15) is 38.1 Å². The first-order valence-corrected chi connectivity index (χ1v) is 12.3. The highest BCUT2D eigenvalue weighted by Gasteiger charge is 2.29. The van der Waals surface area contributed by atoms with E-state index < -0.39 is 0 Å². The van der Waals surface area contributed by atoms with Crippen LogP contribution in [0.2, 0.25) is 15.1 Å². The van der Waals surface area contributed by atoms with Crippen LogP contribution in [0.5, 0.6) is 0 Å². The summed E-state index contributed by atoms with van der Waals surface area (Å²) in [6.07, 6.45) is 5.53. The highest BCUT2D eigenvalue weighted by molar-refractivity contribution is 6.41. The highest BCUT2D eigenvalue weighted by Crippen LogP contribution is 2.40. The minimum Gasteiger partial charge on any atom is -0.379 e. The largest absolute Gasteiger partial charge is 0.379 e. The molecular weight excluding hydrogens is 501 g/mol. The molecular formula is C22H24Cl3N7O2. The lowest BCUT2D eigenvalue weighted by Crippen LogP contribution is -2.29. The molecule has 9 nitrogen and oxygen atoms in total. The molecule has 4 N–H and O–H groups in total. The summed E-state index contributed by atoms with van der Waals surface area (Å²) in [5, 5.41) is 7.82. The van der Waals surface area contributed by atoms with Gasteiger partial charge < -0.3 is 21.1 Å². The third-order valence-corrected chi connectivity index (χ3v) is 7.22. The lowest BCUT2D eigenvalue weighted by molar-refractivity contribution is -0.122. The van der Waals surface area contributed by atoms with Gasteiger partial charge in [0.2, 0.25) is 17.8 Å². The van der Waals surface area contributed by atoms with E-state index >= 15 is 0 Å². The number of rotatable bonds is 6. The van der Waals surface area contributed by atoms with Gasteiger partial charge in [-0.15, -0.1) is 0 Å². The fourth-order valence-corrected chi connectivity index (χ4v) is 5.53. The Hall–Kier alpha value is -2.33. The number of primary amides is 1. The molecule has 12 heteroatoms. The average Bonchev–Trinajstić information content (AvgIpc) is 3.43. The molecule has 0 bridgehead atoms. The molecule has 1 aliphatic heterocycles. The van der Waals surface area contributed by atoms with Crippen molar-refractivity contribution in [1.29, 1.82) is 0 Å². The summed E-state index contributed by atoms with van der Waals surface area (Å²) in [6, 6.07) is 3.47. The number of carbonyl (C=O) groups excluding carboxylic acids is 1. The first-order chi connectivity index (χ1) is 16.4. The van der Waals surface area contributed by atoms with E-state index in [4.69, 9.17) is 55.2 Å². The molecule has 180 valence electrons. The highest BCUT2D eigenvalue weighted by atomic mass is 35.5. The minimum absolute atomic E-state index is 0.0607. The number of benzene rings is 1. The predicted molar refractivity (Wildman–Crippen MR) is 133 cm³/mol. The molecule has 1 unspecified atom stereocenters. The maximum absolute atomic E-state index is 11.7. The van der Waals surface area contributed by atoms with E-state index in [0.717, 1.165) is 25.9 Å². The number of aromatic nitrogens is 4. The van der Waals surface area contributed by atoms with E-state index in [1.807, 2.05) is 4.57 Å². The van der Waals surface area contributed by atoms with Crippen LogP contribution in [0.3, 0.4) is 0 Å². The predicted octanol–water partition coefficient (Wildman–Crippen LogP) is 4.95. The molecule has 2 aromatic heterocycles. The Kier molecular flexibility index (Phi) is 6.70. The molecule has 1 aromatic carbocycles. The maximum atomic E-state index is 11.7. The molecule has 2 fully saturated rings. The summed E-state index contributed by atoms with van der Waals surface area (Å²) in [5.74, 6) is 0.694. The van der Waals surface area contributed by atoms with Gasteiger partial charge in [0, 0.05) is 23.6 Å². The van der Waals surface area contributed by atoms with Crippen LogP contribution in [0.15, 0.2) is 18.3 Å². The summed E-state index contributed by atoms with van der Waals surface area (Å²) >= 11 is 18.9. The van der Waals surface area contributed by atoms with Gasteiger partial charge in [-0.3, -0.25) is 9.36 Å². The number of hydrogen-bond donors (Lipinski definition) is 3. The van der Waals surface area contributed by atoms with Gasteiger partial charge in [-0.25, -0.2) is 9.97 Å². The molecule has 34 heavy (non-hydrogen) atoms. The number of nitrogens with zero attached hydrogens (tertiary/aromatic N) is 4. The Morgan fingerprint density at radius 1 is 1.09 bits per heavy atom. The van der Waals surface area contributed by atoms with Crippen LogP contribution in [-0.4, -0.2) is 44.7 Å². The van der Waals surface area contributed by atoms with Gasteiger partial charge >= 0.3 is 0 Å². The van der Waals surface area contributed by atoms with Crippen molar-refractivity contribution < 1.29 is 9.53 Å². The van der Waals surface area contributed by atoms with Crippen molar-refractivity contribution in [3.63, 3.8) is 0 Å². The number of anilines is 3. The Labute approximate surface area is 211 Å². The number of halogens is 3. The number of ether oxygens (including phenoxy) is 1. The van der Waals surface area contributed by atoms with E-state index in [2.05, 4.69) is 15.6 Å². The van der Waals surface area contributed by atoms with Crippen molar-refractivity contribution in [1.82, 2.24) is 19.5 Å². The number of fused-ring (bicyclic) bond motifs is 1. The molecule has 1 aliphatic carbocycles. The Balaban J connectivity index is 1.54. The first-order valence-electron chi connectivity index (χ1n) is 11.2. The molecule has 2 aliphatic rings. The second kappa shape index (κ2) is 9.73. The second-order valence-electron chi connectivity index (χ2n) is 8.69. The van der Waals surface area contributed by atoms with E-state index in [1.54, 1.807) is 18.3 Å². The summed E-state index contributed by atoms with van der Waals surface area (Å²) < 4.78 is 7.50. The van der Waals surface area contributed by atoms with Crippen molar-refractivity contribution in [2.24, 2.45) is 11.7 Å². The molecule has 1 saturated heterocycles. The third kappa shape index (κ3) is 4.75. The van der Waals surface area contributed by atoms with Crippen LogP contribution < -0.4 is 16.4 Å². The Morgan fingerprint density at radius 2 is 1.82 bits per heavy atom. The van der Waals surface area contributed by atoms with Crippen molar-refractivity contribution in [3.05, 3.63) is 33.4 Å². The van der Waals surface area contributed by atoms with Gasteiger partial charge in [-0.1, -0.05) is 34.8 Å². The van der Waals surface area contributed by atoms with Crippen LogP contribution in [0.25, 0.3) is 11.2 Å². The SMILES string of the molecule is NC(=O)C1CCC(n2c(Nc3c(Cl)cc(Cl)cc3Cl)nc3cnc(NC4CCOC4)nc32)CC1. The summed E-state index contributed by atoms with van der Waals surface area (Å²) in [4.78, 5) is 25.7. The van der Waals surface area contributed by atoms with Gasteiger partial charge in [0.15, 0.2) is 5.65 Å². The molecule has 3 heterocycles. The smallest absolute Gasteiger partial charge is 0.225 e. The second-order valence-corrected chi connectivity index (χ2v) is 9.94. The number of carbonyl (C=O) groups is 1. The summed E-state index contributed by atoms with van der Waals surface area (Å²) in [7, 11) is 0. The van der Waals surface area contributed by atoms with Crippen LogP contribution >= 0.6 is 34.8 Å². The molecule has 3 aromatic rings. The average molecular weight is 525 g/mol. The lowest BCUT2D eigenvalue weighted by Gasteiger charge is -2.29. The van der Waals surface area contributed by atoms with E-state index in [1.165, 1.54) is 0 Å². The molecule has 1 amide bonds. The summed E-state index contributed by atoms with van der Waals surface area (Å²) in [5.41, 5.74) is 7.37. The zero-order valence-electron chi connectivity index (χ0n) is 18.2. The molecule has 1 saturated carbocycles. The van der Waals surface area contributed by atoms with Crippen molar-refractivity contribution >= 4 is 69.5 Å². The Bertz CT molecular complexity index is 1200. The summed E-state index contributed by atoms with van der Waals surface area (Å²) in [6.45, 7) is 1.34. The third-order valence-electron chi connectivity index (χ3n) is 6.40. The zero-order chi connectivity index (χ0) is 23.8. The minimum atomic E-state index is -0.250. The van der Waals surface area contributed by atoms with Gasteiger partial charge in [0.25, 0.3) is 0 Å². The standard InChI is InChI=1S/C22H24Cl3N7O2/c23-12-7-15(24)18(16(25)8-12)30-22-29-17-9-27-21(28-13-5-6-34-10-13)31-20(17)32(22)14-3-1-11(2-4-14)19(26)33/h7-9,11,13-14H,1-6,10H2,(H2,26,33)(H,29,30)(H,27,28,31). The van der Waals surface area contributed by atoms with E-state index in [9.17, 15) is 4.79 Å². The number of amides is 1. The number of nitrogens with one attached hydrogen (secondary N) is 2. The fourth-order valence-electron chi connectivity index (χ4n) is 4.62. The first kappa shape index (κ1) is 23.4. The fraction of sp³-hybridized carbons (Fsp3) is 0.455. The van der Waals surface area contributed by atoms with Crippen molar-refractivity contribution in [3.8, 4) is 0 Å². The molecule has 0 radical (unpaired) electrons. The zero-order valence-corrected chi connectivity index (χ0v) is 20.5. The quantitative estimate of drug-likeness (QED) is 0.417. The number of nitrogens with two attached hydrogens (primary N) is 1. The van der Waals surface area contributed by atoms with Gasteiger partial charge in [0.05, 0.1) is 34.6 Å². The van der Waals surface area contributed by atoms with Crippen LogP contribution in [-0.2, 0) is 9.53 Å². The number of hydrogen-bond acceptors (Lipinski definition) is 7. The van der Waals surface area contributed by atoms with Crippen molar-refractivity contribution in [2.75, 3.05) is 23.8 Å². The number of imidazole rings is 1. The van der Waals surface area contributed by atoms with Crippen LogP contribution in [0, 0.1) is 5.92 Å².